The first-order valence-electron chi connectivity index (χ1n) is 7.54. The van der Waals surface area contributed by atoms with Crippen molar-refractivity contribution in [2.24, 2.45) is 0 Å². The predicted octanol–water partition coefficient (Wildman–Crippen LogP) is 5.70. The maximum Gasteiger partial charge on any atom is 0.203 e. The summed E-state index contributed by atoms with van der Waals surface area (Å²) in [6.45, 7) is 16.8. The number of hydrogen-bond acceptors (Lipinski definition) is 2. The predicted molar refractivity (Wildman–Crippen MR) is 97.1 cm³/mol. The number of nitrogens with zero attached hydrogens (tertiary/aromatic N) is 4. The van der Waals surface area contributed by atoms with Crippen molar-refractivity contribution in [3.8, 4) is 28.5 Å². The number of benzene rings is 2. The summed E-state index contributed by atoms with van der Waals surface area (Å²) in [6.07, 6.45) is 1.68. The molecule has 0 bridgehead atoms. The smallest absolute Gasteiger partial charge is 0.203 e. The van der Waals surface area contributed by atoms with E-state index in [1.165, 1.54) is 6.07 Å². The molecular formula is C21H12N4. The van der Waals surface area contributed by atoms with E-state index >= 15 is 0 Å². The topological polar surface area (TPSA) is 45.4 Å². The summed E-state index contributed by atoms with van der Waals surface area (Å²) in [6, 6.07) is 16.8. The minimum atomic E-state index is 0.173. The number of nitriles is 1. The summed E-state index contributed by atoms with van der Waals surface area (Å²) < 4.78 is 0. The fraction of sp³-hybridized carbons (Fsp3) is 0.0476. The molecule has 116 valence electrons. The lowest BCUT2D eigenvalue weighted by Gasteiger charge is -2.14. The second-order valence-electron chi connectivity index (χ2n) is 5.44. The zero-order valence-electron chi connectivity index (χ0n) is 13.5. The number of aromatic nitrogens is 1. The van der Waals surface area contributed by atoms with Gasteiger partial charge >= 0.3 is 0 Å². The highest BCUT2D eigenvalue weighted by Crippen LogP contribution is 2.43. The van der Waals surface area contributed by atoms with Crippen molar-refractivity contribution in [1.82, 2.24) is 4.98 Å². The summed E-state index contributed by atoms with van der Waals surface area (Å²) in [5, 5.41) is 9.28. The van der Waals surface area contributed by atoms with Crippen LogP contribution in [-0.4, -0.2) is 4.98 Å². The molecule has 1 heterocycles. The Morgan fingerprint density at radius 3 is 2.44 bits per heavy atom. The van der Waals surface area contributed by atoms with Gasteiger partial charge in [0.15, 0.2) is 5.69 Å². The minimum absolute atomic E-state index is 0.173. The van der Waals surface area contributed by atoms with E-state index < -0.39 is 0 Å². The van der Waals surface area contributed by atoms with Crippen LogP contribution in [0.4, 0.5) is 11.4 Å². The monoisotopic (exact) mass is 320 g/mol. The van der Waals surface area contributed by atoms with Crippen molar-refractivity contribution in [1.29, 1.82) is 5.26 Å². The summed E-state index contributed by atoms with van der Waals surface area (Å²) in [5.41, 5.74) is 4.76. The van der Waals surface area contributed by atoms with Crippen LogP contribution >= 0.6 is 0 Å². The Hall–Kier alpha value is -3.94. The van der Waals surface area contributed by atoms with Crippen LogP contribution in [0, 0.1) is 31.4 Å². The molecule has 0 radical (unpaired) electrons. The standard InChI is InChI=1S/C21H12N4/c1-14-9-10-25-21(19(14)16-7-5-4-6-8-16)17-11-15(13-22)12-18(23-2)20(17)24-3/h4-12H,1H3. The molecule has 0 aliphatic heterocycles. The summed E-state index contributed by atoms with van der Waals surface area (Å²) in [4.78, 5) is 11.5. The molecule has 0 fully saturated rings. The van der Waals surface area contributed by atoms with Crippen LogP contribution in [0.3, 0.4) is 0 Å². The van der Waals surface area contributed by atoms with Gasteiger partial charge in [0.2, 0.25) is 5.69 Å². The molecule has 3 rings (SSSR count). The molecule has 0 N–H and O–H groups in total. The summed E-state index contributed by atoms with van der Waals surface area (Å²) in [5.74, 6) is 0. The molecule has 4 heteroatoms. The van der Waals surface area contributed by atoms with Gasteiger partial charge in [0, 0.05) is 17.3 Å². The van der Waals surface area contributed by atoms with Crippen molar-refractivity contribution in [2.75, 3.05) is 0 Å². The van der Waals surface area contributed by atoms with Crippen LogP contribution < -0.4 is 0 Å². The number of pyridine rings is 1. The normalized spacial score (nSPS) is 9.68. The highest BCUT2D eigenvalue weighted by Gasteiger charge is 2.18. The van der Waals surface area contributed by atoms with Gasteiger partial charge in [0.25, 0.3) is 0 Å². The molecule has 1 aromatic heterocycles. The maximum absolute atomic E-state index is 9.28. The zero-order chi connectivity index (χ0) is 17.8. The fourth-order valence-corrected chi connectivity index (χ4v) is 2.80. The van der Waals surface area contributed by atoms with E-state index in [2.05, 4.69) is 20.7 Å². The van der Waals surface area contributed by atoms with Crippen molar-refractivity contribution in [3.63, 3.8) is 0 Å². The molecule has 4 nitrogen and oxygen atoms in total. The van der Waals surface area contributed by atoms with Gasteiger partial charge < -0.3 is 0 Å². The SMILES string of the molecule is [C-]#[N+]c1cc(C#N)cc(-c2nccc(C)c2-c2ccccc2)c1[N+]#[C-]. The van der Waals surface area contributed by atoms with Gasteiger partial charge in [-0.15, -0.1) is 0 Å². The Labute approximate surface area is 146 Å². The van der Waals surface area contributed by atoms with E-state index in [9.17, 15) is 5.26 Å². The third-order valence-corrected chi connectivity index (χ3v) is 3.93. The molecule has 0 spiro atoms. The van der Waals surface area contributed by atoms with Crippen molar-refractivity contribution < 1.29 is 0 Å². The van der Waals surface area contributed by atoms with E-state index in [4.69, 9.17) is 13.1 Å². The Kier molecular flexibility index (Phi) is 4.25. The second-order valence-corrected chi connectivity index (χ2v) is 5.44. The number of hydrogen-bond donors (Lipinski definition) is 0. The van der Waals surface area contributed by atoms with E-state index in [1.807, 2.05) is 43.3 Å². The van der Waals surface area contributed by atoms with E-state index in [1.54, 1.807) is 12.3 Å². The summed E-state index contributed by atoms with van der Waals surface area (Å²) >= 11 is 0. The van der Waals surface area contributed by atoms with Gasteiger partial charge in [0.05, 0.1) is 24.9 Å². The molecule has 0 saturated heterocycles. The second kappa shape index (κ2) is 6.67. The zero-order valence-corrected chi connectivity index (χ0v) is 13.5. The molecule has 0 aliphatic rings. The Morgan fingerprint density at radius 2 is 1.80 bits per heavy atom. The van der Waals surface area contributed by atoms with E-state index in [-0.39, 0.29) is 11.4 Å². The Bertz CT molecular complexity index is 1080. The van der Waals surface area contributed by atoms with Crippen molar-refractivity contribution in [3.05, 3.63) is 88.7 Å². The first kappa shape index (κ1) is 15.9. The number of rotatable bonds is 2. The Balaban J connectivity index is 2.41. The van der Waals surface area contributed by atoms with Gasteiger partial charge in [-0.25, -0.2) is 4.85 Å². The quantitative estimate of drug-likeness (QED) is 0.569. The average Bonchev–Trinajstić information content (AvgIpc) is 2.67. The van der Waals surface area contributed by atoms with Crippen LogP contribution in [0.5, 0.6) is 0 Å². The highest BCUT2D eigenvalue weighted by atomic mass is 14.8. The third-order valence-electron chi connectivity index (χ3n) is 3.93. The Morgan fingerprint density at radius 1 is 1.04 bits per heavy atom. The maximum atomic E-state index is 9.28. The lowest BCUT2D eigenvalue weighted by atomic mass is 9.93. The third kappa shape index (κ3) is 2.83. The molecule has 3 aromatic rings. The van der Waals surface area contributed by atoms with Crippen molar-refractivity contribution >= 4 is 11.4 Å². The van der Waals surface area contributed by atoms with Gasteiger partial charge in [-0.05, 0) is 35.7 Å². The lowest BCUT2D eigenvalue weighted by molar-refractivity contribution is 1.29. The first-order chi connectivity index (χ1) is 12.2. The molecule has 2 aromatic carbocycles. The van der Waals surface area contributed by atoms with Gasteiger partial charge in [0.1, 0.15) is 0 Å². The van der Waals surface area contributed by atoms with Gasteiger partial charge in [-0.3, -0.25) is 9.83 Å². The molecule has 0 unspecified atom stereocenters. The van der Waals surface area contributed by atoms with Gasteiger partial charge in [-0.2, -0.15) is 5.26 Å². The molecular weight excluding hydrogens is 308 g/mol. The highest BCUT2D eigenvalue weighted by molar-refractivity contribution is 5.94. The van der Waals surface area contributed by atoms with Crippen molar-refractivity contribution in [2.45, 2.75) is 6.92 Å². The minimum Gasteiger partial charge on any atom is -0.257 e. The van der Waals surface area contributed by atoms with Gasteiger partial charge in [-0.1, -0.05) is 36.4 Å². The number of aryl methyl sites for hydroxylation is 1. The van der Waals surface area contributed by atoms with Crippen LogP contribution in [0.2, 0.25) is 0 Å². The van der Waals surface area contributed by atoms with Crippen LogP contribution in [0.15, 0.2) is 54.7 Å². The molecule has 0 aliphatic carbocycles. The largest absolute Gasteiger partial charge is 0.257 e. The average molecular weight is 320 g/mol. The van der Waals surface area contributed by atoms with Crippen LogP contribution in [-0.2, 0) is 0 Å². The van der Waals surface area contributed by atoms with E-state index in [0.717, 1.165) is 16.7 Å². The molecule has 0 atom stereocenters. The van der Waals surface area contributed by atoms with E-state index in [0.29, 0.717) is 16.8 Å². The molecule has 0 saturated carbocycles. The summed E-state index contributed by atoms with van der Waals surface area (Å²) in [7, 11) is 0. The molecule has 0 amide bonds. The first-order valence-corrected chi connectivity index (χ1v) is 7.54. The van der Waals surface area contributed by atoms with Crippen LogP contribution in [0.1, 0.15) is 11.1 Å². The molecule has 25 heavy (non-hydrogen) atoms. The lowest BCUT2D eigenvalue weighted by Crippen LogP contribution is -1.93. The van der Waals surface area contributed by atoms with Crippen LogP contribution in [0.25, 0.3) is 32.1 Å². The fourth-order valence-electron chi connectivity index (χ4n) is 2.80.